The Kier molecular flexibility index (Phi) is 4.85. The van der Waals surface area contributed by atoms with Crippen LogP contribution in [0.25, 0.3) is 0 Å². The normalized spacial score (nSPS) is 25.4. The van der Waals surface area contributed by atoms with Crippen LogP contribution < -0.4 is 0 Å². The molecule has 2 nitrogen and oxygen atoms in total. The molecular formula is C17H27ClNOP. The maximum absolute atomic E-state index is 11.6. The van der Waals surface area contributed by atoms with Crippen molar-refractivity contribution in [3.8, 4) is 0 Å². The Balaban J connectivity index is 2.34. The van der Waals surface area contributed by atoms with Crippen molar-refractivity contribution in [2.75, 3.05) is 6.16 Å². The third-order valence-corrected chi connectivity index (χ3v) is 10.4. The quantitative estimate of drug-likeness (QED) is 0.619. The molecule has 0 saturated carbocycles. The number of nitrogens with zero attached hydrogens (tertiary/aromatic N) is 1. The van der Waals surface area contributed by atoms with E-state index >= 15 is 0 Å². The zero-order valence-electron chi connectivity index (χ0n) is 13.4. The topological polar surface area (TPSA) is 23.5 Å². The van der Waals surface area contributed by atoms with Gasteiger partial charge in [0.25, 0.3) is 0 Å². The fraction of sp³-hybridized carbons (Fsp3) is 0.529. The van der Waals surface area contributed by atoms with Crippen LogP contribution in [0.5, 0.6) is 0 Å². The molecule has 1 unspecified atom stereocenters. The summed E-state index contributed by atoms with van der Waals surface area (Å²) in [6.45, 7) is 8.46. The molecule has 1 aromatic carbocycles. The number of benzene rings is 1. The predicted molar refractivity (Wildman–Crippen MR) is 95.0 cm³/mol. The van der Waals surface area contributed by atoms with Gasteiger partial charge in [0.15, 0.2) is 0 Å². The number of halogens is 1. The second-order valence-corrected chi connectivity index (χ2v) is 12.6. The van der Waals surface area contributed by atoms with Gasteiger partial charge in [0.1, 0.15) is 0 Å². The number of rotatable bonds is 5. The number of allylic oxidation sites excluding steroid dienone is 2. The third kappa shape index (κ3) is 3.19. The van der Waals surface area contributed by atoms with Crippen molar-refractivity contribution >= 4 is 17.6 Å². The van der Waals surface area contributed by atoms with Crippen molar-refractivity contribution in [3.05, 3.63) is 48.0 Å². The average molecular weight is 328 g/mol. The number of hydrogen-bond donors (Lipinski definition) is 1. The maximum atomic E-state index is 11.6. The van der Waals surface area contributed by atoms with E-state index in [1.165, 1.54) is 5.56 Å². The van der Waals surface area contributed by atoms with E-state index < -0.39 is 6.33 Å². The van der Waals surface area contributed by atoms with Crippen molar-refractivity contribution in [3.63, 3.8) is 0 Å². The van der Waals surface area contributed by atoms with Crippen LogP contribution in [0.2, 0.25) is 0 Å². The first kappa shape index (κ1) is 17.0. The van der Waals surface area contributed by atoms with E-state index in [1.807, 2.05) is 18.2 Å². The molecule has 2 rings (SSSR count). The van der Waals surface area contributed by atoms with Crippen molar-refractivity contribution in [2.45, 2.75) is 51.9 Å². The van der Waals surface area contributed by atoms with Crippen LogP contribution >= 0.6 is 17.6 Å². The average Bonchev–Trinajstić information content (AvgIpc) is 2.66. The summed E-state index contributed by atoms with van der Waals surface area (Å²) in [4.78, 5) is 11.6. The second kappa shape index (κ2) is 6.01. The molecule has 0 fully saturated rings. The van der Waals surface area contributed by atoms with E-state index in [0.29, 0.717) is 6.16 Å². The van der Waals surface area contributed by atoms with Crippen LogP contribution in [0.15, 0.2) is 42.5 Å². The molecular weight excluding hydrogens is 301 g/mol. The number of hydrogen-bond acceptors (Lipinski definition) is 2. The summed E-state index contributed by atoms with van der Waals surface area (Å²) in [6.07, 6.45) is 2.12. The molecule has 0 saturated heterocycles. The van der Waals surface area contributed by atoms with Crippen LogP contribution in [0.4, 0.5) is 0 Å². The molecule has 0 aliphatic carbocycles. The van der Waals surface area contributed by atoms with E-state index in [9.17, 15) is 4.89 Å². The van der Waals surface area contributed by atoms with Gasteiger partial charge in [-0.15, -0.1) is 0 Å². The summed E-state index contributed by atoms with van der Waals surface area (Å²) in [5.41, 5.74) is 1.23. The first-order valence-electron chi connectivity index (χ1n) is 7.72. The Morgan fingerprint density at radius 3 is 2.29 bits per heavy atom. The minimum atomic E-state index is -3.45. The molecule has 0 radical (unpaired) electrons. The van der Waals surface area contributed by atoms with Gasteiger partial charge in [-0.25, -0.2) is 0 Å². The van der Waals surface area contributed by atoms with Crippen molar-refractivity contribution in [2.24, 2.45) is 0 Å². The van der Waals surface area contributed by atoms with Gasteiger partial charge in [-0.05, 0) is 0 Å². The summed E-state index contributed by atoms with van der Waals surface area (Å²) in [6, 6.07) is 10.8. The monoisotopic (exact) mass is 327 g/mol. The second-order valence-electron chi connectivity index (χ2n) is 6.59. The Hall–Kier alpha value is -0.400. The molecule has 1 heterocycles. The van der Waals surface area contributed by atoms with Crippen LogP contribution in [-0.2, 0) is 6.42 Å². The first-order valence-corrected chi connectivity index (χ1v) is 11.0. The third-order valence-electron chi connectivity index (χ3n) is 4.29. The molecule has 4 heteroatoms. The molecule has 0 spiro atoms. The Morgan fingerprint density at radius 2 is 1.76 bits per heavy atom. The molecule has 21 heavy (non-hydrogen) atoms. The standard InChI is InChI=1S/C17H27ClNOP/c1-14(2)19(15(3)4)21(18,20)12-8-11-17(21)13-16-9-6-5-7-10-16/h5-11,14-15,17,20H,12-13H2,1-4H3. The van der Waals surface area contributed by atoms with Gasteiger partial charge in [-0.2, -0.15) is 0 Å². The van der Waals surface area contributed by atoms with Gasteiger partial charge in [0.05, 0.1) is 0 Å². The molecule has 0 amide bonds. The van der Waals surface area contributed by atoms with Crippen LogP contribution in [-0.4, -0.2) is 33.5 Å². The molecule has 118 valence electrons. The molecule has 1 aliphatic heterocycles. The summed E-state index contributed by atoms with van der Waals surface area (Å²) >= 11 is 7.05. The van der Waals surface area contributed by atoms with Crippen LogP contribution in [0, 0.1) is 0 Å². The van der Waals surface area contributed by atoms with Crippen molar-refractivity contribution < 1.29 is 4.89 Å². The van der Waals surface area contributed by atoms with E-state index in [0.717, 1.165) is 6.42 Å². The first-order chi connectivity index (χ1) is 9.74. The SMILES string of the molecule is CC(C)N(C(C)C)P1(O)(Cl)CC=CC1Cc1ccccc1. The molecule has 1 N–H and O–H groups in total. The van der Waals surface area contributed by atoms with Gasteiger partial charge in [-0.1, -0.05) is 0 Å². The van der Waals surface area contributed by atoms with E-state index in [2.05, 4.69) is 56.7 Å². The Morgan fingerprint density at radius 1 is 1.19 bits per heavy atom. The predicted octanol–water partition coefficient (Wildman–Crippen LogP) is 4.82. The van der Waals surface area contributed by atoms with Gasteiger partial charge in [0.2, 0.25) is 0 Å². The molecule has 1 aromatic rings. The van der Waals surface area contributed by atoms with Crippen LogP contribution in [0.3, 0.4) is 0 Å². The van der Waals surface area contributed by atoms with Crippen molar-refractivity contribution in [1.29, 1.82) is 0 Å². The minimum absolute atomic E-state index is 0.00451. The fourth-order valence-electron chi connectivity index (χ4n) is 3.66. The molecule has 0 bridgehead atoms. The van der Waals surface area contributed by atoms with Crippen molar-refractivity contribution in [1.82, 2.24) is 4.67 Å². The zero-order chi connectivity index (χ0) is 15.7. The fourth-order valence-corrected chi connectivity index (χ4v) is 9.64. The van der Waals surface area contributed by atoms with E-state index in [4.69, 9.17) is 11.2 Å². The van der Waals surface area contributed by atoms with E-state index in [1.54, 1.807) is 0 Å². The molecule has 0 aromatic heterocycles. The molecule has 1 atom stereocenters. The summed E-state index contributed by atoms with van der Waals surface area (Å²) in [5, 5.41) is 0. The van der Waals surface area contributed by atoms with Gasteiger partial charge in [-0.3, -0.25) is 0 Å². The van der Waals surface area contributed by atoms with E-state index in [-0.39, 0.29) is 17.7 Å². The van der Waals surface area contributed by atoms with Gasteiger partial charge < -0.3 is 0 Å². The molecule has 1 aliphatic rings. The Labute approximate surface area is 133 Å². The summed E-state index contributed by atoms with van der Waals surface area (Å²) < 4.78 is 2.17. The Bertz CT molecular complexity index is 505. The van der Waals surface area contributed by atoms with Gasteiger partial charge in [0, 0.05) is 0 Å². The van der Waals surface area contributed by atoms with Gasteiger partial charge >= 0.3 is 133 Å². The zero-order valence-corrected chi connectivity index (χ0v) is 15.1. The summed E-state index contributed by atoms with van der Waals surface area (Å²) in [5.74, 6) is 0. The van der Waals surface area contributed by atoms with Crippen LogP contribution in [0.1, 0.15) is 33.3 Å². The summed E-state index contributed by atoms with van der Waals surface area (Å²) in [7, 11) is 0.